The van der Waals surface area contributed by atoms with Gasteiger partial charge >= 0.3 is 0 Å². The summed E-state index contributed by atoms with van der Waals surface area (Å²) in [5.41, 5.74) is 2.10. The number of ether oxygens (including phenoxy) is 2. The summed E-state index contributed by atoms with van der Waals surface area (Å²) in [6.45, 7) is 2.26. The highest BCUT2D eigenvalue weighted by atomic mass is 32.2. The van der Waals surface area contributed by atoms with Crippen molar-refractivity contribution in [3.63, 3.8) is 0 Å². The SMILES string of the molecule is c1cc(NC2=NCCCS2)cc(C2OCCO2)c1. The van der Waals surface area contributed by atoms with Crippen molar-refractivity contribution >= 4 is 22.6 Å². The third-order valence-corrected chi connectivity index (χ3v) is 3.83. The third-order valence-electron chi connectivity index (χ3n) is 2.83. The van der Waals surface area contributed by atoms with Crippen molar-refractivity contribution in [3.8, 4) is 0 Å². The summed E-state index contributed by atoms with van der Waals surface area (Å²) in [6.07, 6.45) is 0.951. The number of amidine groups is 1. The Hall–Kier alpha value is -1.04. The number of anilines is 1. The van der Waals surface area contributed by atoms with Crippen molar-refractivity contribution in [3.05, 3.63) is 29.8 Å². The molecule has 0 atom stereocenters. The minimum atomic E-state index is -0.215. The zero-order valence-electron chi connectivity index (χ0n) is 10.1. The standard InChI is InChI=1S/C13H16N2O2S/c1-3-10(12-16-6-7-17-12)9-11(4-1)15-13-14-5-2-8-18-13/h1,3-4,9,12H,2,5-8H2,(H,14,15). The van der Waals surface area contributed by atoms with Crippen LogP contribution in [0.5, 0.6) is 0 Å². The second-order valence-electron chi connectivity index (χ2n) is 4.21. The number of aliphatic imine (C=N–C) groups is 1. The molecule has 0 bridgehead atoms. The molecule has 2 aliphatic rings. The predicted molar refractivity (Wildman–Crippen MR) is 74.1 cm³/mol. The molecule has 0 aliphatic carbocycles. The van der Waals surface area contributed by atoms with Gasteiger partial charge in [-0.2, -0.15) is 0 Å². The van der Waals surface area contributed by atoms with Crippen molar-refractivity contribution < 1.29 is 9.47 Å². The molecule has 5 heteroatoms. The molecule has 1 aromatic carbocycles. The summed E-state index contributed by atoms with van der Waals surface area (Å²) in [5, 5.41) is 4.35. The molecule has 0 saturated carbocycles. The molecule has 1 saturated heterocycles. The van der Waals surface area contributed by atoms with Crippen LogP contribution in [0.4, 0.5) is 5.69 Å². The number of nitrogens with one attached hydrogen (secondary N) is 1. The van der Waals surface area contributed by atoms with Crippen LogP contribution in [0.3, 0.4) is 0 Å². The predicted octanol–water partition coefficient (Wildman–Crippen LogP) is 2.64. The summed E-state index contributed by atoms with van der Waals surface area (Å²) in [4.78, 5) is 4.46. The smallest absolute Gasteiger partial charge is 0.184 e. The zero-order valence-corrected chi connectivity index (χ0v) is 10.9. The Morgan fingerprint density at radius 3 is 2.94 bits per heavy atom. The maximum atomic E-state index is 5.50. The Kier molecular flexibility index (Phi) is 3.83. The number of rotatable bonds is 2. The highest BCUT2D eigenvalue weighted by Gasteiger charge is 2.18. The fraction of sp³-hybridized carbons (Fsp3) is 0.462. The first kappa shape index (κ1) is 12.0. The van der Waals surface area contributed by atoms with Crippen molar-refractivity contribution in [2.45, 2.75) is 12.7 Å². The molecule has 1 fully saturated rings. The maximum absolute atomic E-state index is 5.50. The van der Waals surface area contributed by atoms with Gasteiger partial charge in [0, 0.05) is 23.5 Å². The van der Waals surface area contributed by atoms with Gasteiger partial charge in [-0.3, -0.25) is 4.99 Å². The lowest BCUT2D eigenvalue weighted by molar-refractivity contribution is -0.0440. The molecule has 1 N–H and O–H groups in total. The first-order valence-corrected chi connectivity index (χ1v) is 7.18. The third kappa shape index (κ3) is 2.85. The molecule has 0 amide bonds. The van der Waals surface area contributed by atoms with E-state index in [-0.39, 0.29) is 6.29 Å². The van der Waals surface area contributed by atoms with Gasteiger partial charge in [-0.05, 0) is 18.6 Å². The van der Waals surface area contributed by atoms with Crippen LogP contribution >= 0.6 is 11.8 Å². The summed E-state index contributed by atoms with van der Waals surface area (Å²) in [6, 6.07) is 8.14. The molecule has 18 heavy (non-hydrogen) atoms. The quantitative estimate of drug-likeness (QED) is 0.891. The molecule has 96 valence electrons. The van der Waals surface area contributed by atoms with E-state index in [1.807, 2.05) is 18.2 Å². The van der Waals surface area contributed by atoms with Crippen LogP contribution in [0.1, 0.15) is 18.3 Å². The Morgan fingerprint density at radius 2 is 2.17 bits per heavy atom. The van der Waals surface area contributed by atoms with E-state index in [1.165, 1.54) is 6.42 Å². The van der Waals surface area contributed by atoms with E-state index in [4.69, 9.17) is 9.47 Å². The summed E-state index contributed by atoms with van der Waals surface area (Å²) in [5.74, 6) is 1.14. The molecule has 2 aliphatic heterocycles. The van der Waals surface area contributed by atoms with Gasteiger partial charge in [-0.25, -0.2) is 0 Å². The minimum Gasteiger partial charge on any atom is -0.346 e. The first-order chi connectivity index (χ1) is 8.92. The first-order valence-electron chi connectivity index (χ1n) is 6.19. The minimum absolute atomic E-state index is 0.215. The van der Waals surface area contributed by atoms with Crippen LogP contribution in [-0.4, -0.2) is 30.7 Å². The lowest BCUT2D eigenvalue weighted by Crippen LogP contribution is -2.13. The highest BCUT2D eigenvalue weighted by molar-refractivity contribution is 8.14. The zero-order chi connectivity index (χ0) is 12.2. The van der Waals surface area contributed by atoms with E-state index in [1.54, 1.807) is 11.8 Å². The van der Waals surface area contributed by atoms with Crippen LogP contribution in [0.15, 0.2) is 29.3 Å². The van der Waals surface area contributed by atoms with Gasteiger partial charge in [0.05, 0.1) is 13.2 Å². The molecule has 3 rings (SSSR count). The monoisotopic (exact) mass is 264 g/mol. The average Bonchev–Trinajstić information content (AvgIpc) is 2.94. The van der Waals surface area contributed by atoms with E-state index >= 15 is 0 Å². The fourth-order valence-electron chi connectivity index (χ4n) is 1.97. The van der Waals surface area contributed by atoms with E-state index in [2.05, 4.69) is 16.4 Å². The molecule has 0 spiro atoms. The van der Waals surface area contributed by atoms with E-state index in [0.29, 0.717) is 13.2 Å². The largest absolute Gasteiger partial charge is 0.346 e. The van der Waals surface area contributed by atoms with E-state index in [0.717, 1.165) is 28.7 Å². The van der Waals surface area contributed by atoms with Gasteiger partial charge in [0.2, 0.25) is 0 Å². The number of hydrogen-bond donors (Lipinski definition) is 1. The van der Waals surface area contributed by atoms with Crippen LogP contribution < -0.4 is 5.32 Å². The van der Waals surface area contributed by atoms with Crippen molar-refractivity contribution in [2.24, 2.45) is 4.99 Å². The van der Waals surface area contributed by atoms with Gasteiger partial charge in [0.25, 0.3) is 0 Å². The summed E-state index contributed by atoms with van der Waals surface area (Å²) >= 11 is 1.77. The lowest BCUT2D eigenvalue weighted by Gasteiger charge is -2.15. The average molecular weight is 264 g/mol. The maximum Gasteiger partial charge on any atom is 0.184 e. The van der Waals surface area contributed by atoms with Crippen molar-refractivity contribution in [1.29, 1.82) is 0 Å². The van der Waals surface area contributed by atoms with Crippen LogP contribution in [0.2, 0.25) is 0 Å². The normalized spacial score (nSPS) is 20.8. The lowest BCUT2D eigenvalue weighted by atomic mass is 10.2. The highest BCUT2D eigenvalue weighted by Crippen LogP contribution is 2.26. The molecule has 0 unspecified atom stereocenters. The van der Waals surface area contributed by atoms with Crippen LogP contribution in [0.25, 0.3) is 0 Å². The number of hydrogen-bond acceptors (Lipinski definition) is 5. The molecule has 1 aromatic rings. The number of benzene rings is 1. The molecular weight excluding hydrogens is 248 g/mol. The van der Waals surface area contributed by atoms with Gasteiger partial charge in [-0.15, -0.1) is 0 Å². The van der Waals surface area contributed by atoms with Gasteiger partial charge in [-0.1, -0.05) is 23.9 Å². The molecule has 2 heterocycles. The summed E-state index contributed by atoms with van der Waals surface area (Å²) < 4.78 is 11.0. The topological polar surface area (TPSA) is 42.9 Å². The Morgan fingerprint density at radius 1 is 1.28 bits per heavy atom. The molecule has 4 nitrogen and oxygen atoms in total. The summed E-state index contributed by atoms with van der Waals surface area (Å²) in [7, 11) is 0. The van der Waals surface area contributed by atoms with E-state index in [9.17, 15) is 0 Å². The molecular formula is C13H16N2O2S. The van der Waals surface area contributed by atoms with Gasteiger partial charge in [0.15, 0.2) is 11.5 Å². The van der Waals surface area contributed by atoms with Crippen molar-refractivity contribution in [2.75, 3.05) is 30.8 Å². The van der Waals surface area contributed by atoms with Crippen molar-refractivity contribution in [1.82, 2.24) is 0 Å². The Labute approximate surface area is 111 Å². The van der Waals surface area contributed by atoms with E-state index < -0.39 is 0 Å². The Bertz CT molecular complexity index is 444. The van der Waals surface area contributed by atoms with Crippen LogP contribution in [-0.2, 0) is 9.47 Å². The van der Waals surface area contributed by atoms with Crippen LogP contribution in [0, 0.1) is 0 Å². The second-order valence-corrected chi connectivity index (χ2v) is 5.30. The molecule has 0 radical (unpaired) electrons. The number of nitrogens with zero attached hydrogens (tertiary/aromatic N) is 1. The van der Waals surface area contributed by atoms with Gasteiger partial charge in [0.1, 0.15) is 0 Å². The second kappa shape index (κ2) is 5.73. The van der Waals surface area contributed by atoms with Gasteiger partial charge < -0.3 is 14.8 Å². The Balaban J connectivity index is 1.72. The molecule has 0 aromatic heterocycles. The fourth-order valence-corrected chi connectivity index (χ4v) is 2.81. The number of thioether (sulfide) groups is 1.